The van der Waals surface area contributed by atoms with Crippen LogP contribution in [0.4, 0.5) is 0 Å². The fourth-order valence-corrected chi connectivity index (χ4v) is 6.30. The van der Waals surface area contributed by atoms with Gasteiger partial charge in [-0.2, -0.15) is 0 Å². The van der Waals surface area contributed by atoms with Crippen molar-refractivity contribution in [1.29, 1.82) is 0 Å². The summed E-state index contributed by atoms with van der Waals surface area (Å²) in [6, 6.07) is 0. The molecular formula is C41H78O4. The Hall–Kier alpha value is -0.970. The van der Waals surface area contributed by atoms with Crippen LogP contribution >= 0.6 is 0 Å². The minimum atomic E-state index is -2.05. The summed E-state index contributed by atoms with van der Waals surface area (Å²) in [5.41, 5.74) is -2.05. The van der Waals surface area contributed by atoms with Crippen LogP contribution in [0.3, 0.4) is 0 Å². The summed E-state index contributed by atoms with van der Waals surface area (Å²) < 4.78 is 0. The van der Waals surface area contributed by atoms with Gasteiger partial charge in [0.25, 0.3) is 0 Å². The lowest BCUT2D eigenvalue weighted by molar-refractivity contribution is -0.172. The lowest BCUT2D eigenvalue weighted by Crippen LogP contribution is -2.57. The predicted molar refractivity (Wildman–Crippen MR) is 196 cm³/mol. The Kier molecular flexibility index (Phi) is 32.2. The number of Topliss-reactive ketones (excluding diaryl/α,β-unsaturated/α-hetero) is 1. The van der Waals surface area contributed by atoms with Crippen molar-refractivity contribution in [3.8, 4) is 0 Å². The summed E-state index contributed by atoms with van der Waals surface area (Å²) in [6.07, 6.45) is 41.6. The summed E-state index contributed by atoms with van der Waals surface area (Å²) in [6.45, 7) is 5.81. The van der Waals surface area contributed by atoms with Crippen LogP contribution in [-0.4, -0.2) is 38.9 Å². The predicted octanol–water partition coefficient (Wildman–Crippen LogP) is 11.9. The third kappa shape index (κ3) is 25.8. The van der Waals surface area contributed by atoms with Gasteiger partial charge in [-0.1, -0.05) is 167 Å². The molecule has 0 saturated carbocycles. The topological polar surface area (TPSA) is 77.8 Å². The van der Waals surface area contributed by atoms with Crippen molar-refractivity contribution < 1.29 is 20.1 Å². The number of unbranched alkanes of at least 4 members (excludes halogenated alkanes) is 24. The molecule has 0 aromatic heterocycles. The highest BCUT2D eigenvalue weighted by molar-refractivity contribution is 5.86. The van der Waals surface area contributed by atoms with E-state index in [1.54, 1.807) is 0 Å². The van der Waals surface area contributed by atoms with Gasteiger partial charge in [-0.3, -0.25) is 4.79 Å². The molecule has 0 aromatic carbocycles. The van der Waals surface area contributed by atoms with Gasteiger partial charge < -0.3 is 15.3 Å². The fourth-order valence-electron chi connectivity index (χ4n) is 6.30. The van der Waals surface area contributed by atoms with Crippen LogP contribution in [-0.2, 0) is 4.79 Å². The van der Waals surface area contributed by atoms with E-state index in [1.807, 2.05) is 0 Å². The van der Waals surface area contributed by atoms with Crippen LogP contribution in [0.5, 0.6) is 0 Å². The Balaban J connectivity index is 3.85. The minimum absolute atomic E-state index is 0.349. The Morgan fingerprint density at radius 1 is 0.467 bits per heavy atom. The van der Waals surface area contributed by atoms with Gasteiger partial charge in [0, 0.05) is 0 Å². The van der Waals surface area contributed by atoms with Crippen molar-refractivity contribution in [2.24, 2.45) is 0 Å². The number of hydrogen-bond donors (Lipinski definition) is 3. The molecule has 0 aliphatic carbocycles. The van der Waals surface area contributed by atoms with Gasteiger partial charge in [0.15, 0.2) is 11.4 Å². The molecule has 4 nitrogen and oxygen atoms in total. The molecule has 2 unspecified atom stereocenters. The molecule has 0 rings (SSSR count). The third-order valence-electron chi connectivity index (χ3n) is 9.56. The standard InChI is InChI=1S/C41H78O4/c1-4-6-8-10-12-14-16-18-20-22-24-26-28-30-32-34-36-39(43)41(45,38(3)42)40(44)37-35-33-31-29-27-25-23-21-19-17-15-13-11-9-7-5-2/h18-21,39-40,43-45H,4-17,22-37H2,1-3H3/b20-18-,21-19-. The van der Waals surface area contributed by atoms with Crippen LogP contribution in [0.25, 0.3) is 0 Å². The smallest absolute Gasteiger partial charge is 0.174 e. The third-order valence-corrected chi connectivity index (χ3v) is 9.56. The van der Waals surface area contributed by atoms with Crippen molar-refractivity contribution in [3.63, 3.8) is 0 Å². The highest BCUT2D eigenvalue weighted by Crippen LogP contribution is 2.26. The number of rotatable bonds is 35. The zero-order valence-electron chi connectivity index (χ0n) is 30.4. The maximum atomic E-state index is 12.3. The first-order valence-electron chi connectivity index (χ1n) is 19.8. The second-order valence-corrected chi connectivity index (χ2v) is 13.9. The fraction of sp³-hybridized carbons (Fsp3) is 0.878. The Labute approximate surface area is 281 Å². The molecule has 3 N–H and O–H groups in total. The Bertz CT molecular complexity index is 637. The molecule has 4 heteroatoms. The second-order valence-electron chi connectivity index (χ2n) is 13.9. The van der Waals surface area contributed by atoms with Crippen LogP contribution in [0.15, 0.2) is 24.3 Å². The van der Waals surface area contributed by atoms with E-state index in [0.29, 0.717) is 12.8 Å². The average Bonchev–Trinajstić information content (AvgIpc) is 3.03. The zero-order chi connectivity index (χ0) is 33.3. The number of allylic oxidation sites excluding steroid dienone is 4. The van der Waals surface area contributed by atoms with E-state index < -0.39 is 23.6 Å². The number of aliphatic hydroxyl groups is 3. The van der Waals surface area contributed by atoms with Gasteiger partial charge in [0.05, 0.1) is 12.2 Å². The summed E-state index contributed by atoms with van der Waals surface area (Å²) >= 11 is 0. The van der Waals surface area contributed by atoms with Crippen molar-refractivity contribution >= 4 is 5.78 Å². The number of ketones is 1. The van der Waals surface area contributed by atoms with Crippen LogP contribution < -0.4 is 0 Å². The van der Waals surface area contributed by atoms with E-state index in [1.165, 1.54) is 135 Å². The molecule has 0 amide bonds. The maximum absolute atomic E-state index is 12.3. The summed E-state index contributed by atoms with van der Waals surface area (Å²) in [7, 11) is 0. The second kappa shape index (κ2) is 33.0. The van der Waals surface area contributed by atoms with Gasteiger partial charge in [-0.15, -0.1) is 0 Å². The molecule has 0 radical (unpaired) electrons. The van der Waals surface area contributed by atoms with E-state index in [4.69, 9.17) is 0 Å². The van der Waals surface area contributed by atoms with Crippen LogP contribution in [0, 0.1) is 0 Å². The van der Waals surface area contributed by atoms with Gasteiger partial charge in [-0.05, 0) is 71.1 Å². The van der Waals surface area contributed by atoms with E-state index in [0.717, 1.165) is 51.4 Å². The Morgan fingerprint density at radius 2 is 0.711 bits per heavy atom. The first kappa shape index (κ1) is 44.0. The van der Waals surface area contributed by atoms with E-state index in [9.17, 15) is 20.1 Å². The molecule has 0 spiro atoms. The largest absolute Gasteiger partial charge is 0.390 e. The van der Waals surface area contributed by atoms with Crippen molar-refractivity contribution in [2.45, 2.75) is 231 Å². The lowest BCUT2D eigenvalue weighted by atomic mass is 9.81. The van der Waals surface area contributed by atoms with E-state index in [2.05, 4.69) is 38.2 Å². The molecule has 0 bridgehead atoms. The first-order valence-corrected chi connectivity index (χ1v) is 19.8. The zero-order valence-corrected chi connectivity index (χ0v) is 30.4. The van der Waals surface area contributed by atoms with Crippen LogP contribution in [0.1, 0.15) is 213 Å². The molecule has 0 saturated heterocycles. The first-order chi connectivity index (χ1) is 21.9. The van der Waals surface area contributed by atoms with Gasteiger partial charge in [0.1, 0.15) is 0 Å². The molecule has 0 heterocycles. The highest BCUT2D eigenvalue weighted by Gasteiger charge is 2.46. The molecule has 0 aromatic rings. The number of carbonyl (C=O) groups is 1. The number of hydrogen-bond acceptors (Lipinski definition) is 4. The van der Waals surface area contributed by atoms with Crippen molar-refractivity contribution in [3.05, 3.63) is 24.3 Å². The molecule has 0 fully saturated rings. The molecule has 45 heavy (non-hydrogen) atoms. The molecule has 2 atom stereocenters. The normalized spacial score (nSPS) is 14.8. The van der Waals surface area contributed by atoms with Gasteiger partial charge >= 0.3 is 0 Å². The summed E-state index contributed by atoms with van der Waals surface area (Å²) in [5, 5.41) is 32.4. The molecule has 0 aliphatic rings. The SMILES string of the molecule is CCCCCCCC/C=C\CCCCCCCCC(O)C(O)(C(C)=O)C(O)CCCCCCCC/C=C\CCCCCCCC. The van der Waals surface area contributed by atoms with E-state index >= 15 is 0 Å². The van der Waals surface area contributed by atoms with Crippen LogP contribution in [0.2, 0.25) is 0 Å². The summed E-state index contributed by atoms with van der Waals surface area (Å²) in [4.78, 5) is 12.3. The van der Waals surface area contributed by atoms with E-state index in [-0.39, 0.29) is 0 Å². The van der Waals surface area contributed by atoms with Gasteiger partial charge in [-0.25, -0.2) is 0 Å². The van der Waals surface area contributed by atoms with Crippen molar-refractivity contribution in [2.75, 3.05) is 0 Å². The quantitative estimate of drug-likeness (QED) is 0.0479. The Morgan fingerprint density at radius 3 is 0.978 bits per heavy atom. The average molecular weight is 635 g/mol. The molecule has 266 valence electrons. The molecule has 0 aliphatic heterocycles. The minimum Gasteiger partial charge on any atom is -0.390 e. The molecular weight excluding hydrogens is 556 g/mol. The highest BCUT2D eigenvalue weighted by atomic mass is 16.4. The number of aliphatic hydroxyl groups excluding tert-OH is 2. The van der Waals surface area contributed by atoms with Gasteiger partial charge in [0.2, 0.25) is 0 Å². The number of carbonyl (C=O) groups excluding carboxylic acids is 1. The van der Waals surface area contributed by atoms with Crippen molar-refractivity contribution in [1.82, 2.24) is 0 Å². The maximum Gasteiger partial charge on any atom is 0.174 e. The monoisotopic (exact) mass is 635 g/mol. The lowest BCUT2D eigenvalue weighted by Gasteiger charge is -2.35. The summed E-state index contributed by atoms with van der Waals surface area (Å²) in [5.74, 6) is -0.531.